The van der Waals surface area contributed by atoms with Crippen LogP contribution in [0.25, 0.3) is 32.7 Å². The van der Waals surface area contributed by atoms with Gasteiger partial charge >= 0.3 is 5.97 Å². The number of rotatable bonds is 24. The Morgan fingerprint density at radius 1 is 0.713 bits per heavy atom. The minimum atomic E-state index is -5.01. The number of nitrogens with two attached hydrogens (primary N) is 1. The quantitative estimate of drug-likeness (QED) is 0.0124. The molecule has 0 spiro atoms. The third-order valence-corrected chi connectivity index (χ3v) is 20.0. The molecule has 1 atom stereocenters. The van der Waals surface area contributed by atoms with Gasteiger partial charge < -0.3 is 19.8 Å². The standard InChI is InChI=1S/C62H71N5O16S4/c1-10-65-51-30-28-47-40(4)35-45(85(72,73)74)36-49(47)58(51)61(5,6)55(65)17-13-11-14-18-56-62(7,8)59-50-37-46(86(75,76)77)38-54(87(78,79)80)48(50)29-31-52(59)66(56)34-16-12-15-19-57(68)64-33-32-53(60(69)82-63)67(83-39(2)3)84(70,71)44-26-22-42(23-27-44)41-20-24-43(81-9)25-21-41/h11,13-14,17-18,20-31,35-39,53H,10,12,15-16,19,32-34,63H2,1-9H3,(H3-,64,68,72,73,74,75,76,77,78,79,80)/p+1/t53-/m1/s1. The minimum Gasteiger partial charge on any atom is -0.497 e. The van der Waals surface area contributed by atoms with Crippen molar-refractivity contribution in [3.05, 3.63) is 150 Å². The molecule has 1 amide bonds. The zero-order valence-electron chi connectivity index (χ0n) is 49.6. The molecule has 0 saturated heterocycles. The Kier molecular flexibility index (Phi) is 19.3. The summed E-state index contributed by atoms with van der Waals surface area (Å²) in [4.78, 5) is 37.1. The summed E-state index contributed by atoms with van der Waals surface area (Å²) in [5.74, 6) is 4.47. The van der Waals surface area contributed by atoms with E-state index in [4.69, 9.17) is 15.5 Å². The van der Waals surface area contributed by atoms with Crippen LogP contribution in [-0.2, 0) is 70.5 Å². The molecule has 0 aromatic heterocycles. The maximum absolute atomic E-state index is 14.2. The van der Waals surface area contributed by atoms with Crippen LogP contribution in [0.2, 0.25) is 0 Å². The van der Waals surface area contributed by atoms with Gasteiger partial charge in [-0.15, -0.1) is 0 Å². The first-order chi connectivity index (χ1) is 40.8. The van der Waals surface area contributed by atoms with Crippen LogP contribution in [-0.4, -0.2) is 113 Å². The highest BCUT2D eigenvalue weighted by Gasteiger charge is 2.47. The first-order valence-corrected chi connectivity index (χ1v) is 33.8. The van der Waals surface area contributed by atoms with Gasteiger partial charge in [-0.1, -0.05) is 66.9 Å². The number of unbranched alkanes of at least 4 members (excludes halogenated alkanes) is 2. The molecule has 0 saturated carbocycles. The average Bonchev–Trinajstić information content (AvgIpc) is 1.73. The van der Waals surface area contributed by atoms with E-state index in [1.165, 1.54) is 36.4 Å². The van der Waals surface area contributed by atoms with E-state index < -0.39 is 79.1 Å². The molecular formula is C62H72N5O16S4+. The van der Waals surface area contributed by atoms with Gasteiger partial charge in [0.2, 0.25) is 11.6 Å². The number of hydrogen-bond acceptors (Lipinski definition) is 15. The maximum Gasteiger partial charge on any atom is 0.345 e. The minimum absolute atomic E-state index is 0.0289. The lowest BCUT2D eigenvalue weighted by atomic mass is 9.79. The molecule has 21 nitrogen and oxygen atoms in total. The van der Waals surface area contributed by atoms with Crippen LogP contribution in [0, 0.1) is 6.92 Å². The third-order valence-electron chi connectivity index (χ3n) is 15.8. The largest absolute Gasteiger partial charge is 0.497 e. The van der Waals surface area contributed by atoms with Crippen molar-refractivity contribution in [2.24, 2.45) is 5.90 Å². The molecule has 0 fully saturated rings. The van der Waals surface area contributed by atoms with Crippen molar-refractivity contribution in [2.45, 2.75) is 130 Å². The number of hydroxylamine groups is 1. The number of nitrogens with one attached hydrogen (secondary N) is 1. The molecule has 6 aromatic rings. The van der Waals surface area contributed by atoms with Crippen molar-refractivity contribution in [3.8, 4) is 16.9 Å². The average molecular weight is 1270 g/mol. The van der Waals surface area contributed by atoms with Crippen LogP contribution in [0.1, 0.15) is 97.3 Å². The number of anilines is 1. The Bertz CT molecular complexity index is 4290. The van der Waals surface area contributed by atoms with E-state index in [0.717, 1.165) is 39.2 Å². The van der Waals surface area contributed by atoms with E-state index >= 15 is 0 Å². The van der Waals surface area contributed by atoms with Gasteiger partial charge in [-0.25, -0.2) is 13.2 Å². The van der Waals surface area contributed by atoms with Gasteiger partial charge in [0, 0.05) is 65.8 Å². The van der Waals surface area contributed by atoms with Gasteiger partial charge in [-0.3, -0.25) is 23.3 Å². The molecule has 0 unspecified atom stereocenters. The summed E-state index contributed by atoms with van der Waals surface area (Å²) in [5.41, 5.74) is 5.21. The lowest BCUT2D eigenvalue weighted by molar-refractivity contribution is -0.438. The number of carbonyl (C=O) groups excluding carboxylic acids is 2. The zero-order valence-corrected chi connectivity index (χ0v) is 52.9. The zero-order chi connectivity index (χ0) is 63.8. The number of sulfonamides is 1. The second kappa shape index (κ2) is 25.5. The summed E-state index contributed by atoms with van der Waals surface area (Å²) >= 11 is 0. The van der Waals surface area contributed by atoms with E-state index in [0.29, 0.717) is 70.8 Å². The summed E-state index contributed by atoms with van der Waals surface area (Å²) in [6.45, 7) is 15.6. The lowest BCUT2D eigenvalue weighted by Crippen LogP contribution is -2.48. The predicted octanol–water partition coefficient (Wildman–Crippen LogP) is 9.79. The molecule has 8 rings (SSSR count). The molecule has 2 aliphatic rings. The molecule has 2 heterocycles. The summed E-state index contributed by atoms with van der Waals surface area (Å²) < 4.78 is 142. The number of carbonyl (C=O) groups is 2. The molecule has 6 aromatic carbocycles. The number of fused-ring (bicyclic) bond motifs is 6. The van der Waals surface area contributed by atoms with E-state index in [2.05, 4.69) is 28.9 Å². The van der Waals surface area contributed by atoms with Crippen molar-refractivity contribution in [2.75, 3.05) is 31.6 Å². The number of likely N-dealkylation sites (N-methyl/N-ethyl adjacent to an activating group) is 1. The van der Waals surface area contributed by atoms with Crippen molar-refractivity contribution in [3.63, 3.8) is 0 Å². The number of ether oxygens (including phenoxy) is 1. The fourth-order valence-corrected chi connectivity index (χ4v) is 15.1. The number of amides is 1. The third kappa shape index (κ3) is 13.6. The van der Waals surface area contributed by atoms with E-state index in [9.17, 15) is 56.9 Å². The summed E-state index contributed by atoms with van der Waals surface area (Å²) in [7, 11) is -17.4. The van der Waals surface area contributed by atoms with Crippen LogP contribution < -0.4 is 20.9 Å². The Balaban J connectivity index is 1.01. The van der Waals surface area contributed by atoms with Crippen LogP contribution in [0.5, 0.6) is 5.75 Å². The van der Waals surface area contributed by atoms with Gasteiger partial charge in [-0.05, 0) is 166 Å². The van der Waals surface area contributed by atoms with Crippen LogP contribution in [0.3, 0.4) is 0 Å². The normalized spacial score (nSPS) is 16.0. The van der Waals surface area contributed by atoms with Gasteiger partial charge in [0.15, 0.2) is 11.8 Å². The topological polar surface area (TPSA) is 307 Å². The van der Waals surface area contributed by atoms with Crippen molar-refractivity contribution < 1.29 is 75.9 Å². The number of nitrogens with zero attached hydrogens (tertiary/aromatic N) is 3. The number of methoxy groups -OCH3 is 1. The van der Waals surface area contributed by atoms with E-state index in [1.54, 1.807) is 58.2 Å². The summed E-state index contributed by atoms with van der Waals surface area (Å²) in [6.07, 6.45) is 9.90. The van der Waals surface area contributed by atoms with Crippen molar-refractivity contribution in [1.82, 2.24) is 9.79 Å². The first kappa shape index (κ1) is 65.8. The number of aryl methyl sites for hydroxylation is 1. The number of hydrogen-bond donors (Lipinski definition) is 5. The van der Waals surface area contributed by atoms with Crippen LogP contribution in [0.15, 0.2) is 153 Å². The molecule has 87 heavy (non-hydrogen) atoms. The van der Waals surface area contributed by atoms with Crippen LogP contribution >= 0.6 is 0 Å². The van der Waals surface area contributed by atoms with Crippen molar-refractivity contribution in [1.29, 1.82) is 0 Å². The summed E-state index contributed by atoms with van der Waals surface area (Å²) in [5, 5.41) is 4.51. The van der Waals surface area contributed by atoms with Gasteiger partial charge in [0.1, 0.15) is 17.2 Å². The Morgan fingerprint density at radius 3 is 1.91 bits per heavy atom. The Labute approximate surface area is 508 Å². The van der Waals surface area contributed by atoms with Gasteiger partial charge in [0.05, 0.1) is 33.3 Å². The summed E-state index contributed by atoms with van der Waals surface area (Å²) in [6, 6.07) is 23.6. The molecule has 6 N–H and O–H groups in total. The Hall–Kier alpha value is -7.17. The van der Waals surface area contributed by atoms with E-state index in [1.807, 2.05) is 80.0 Å². The lowest BCUT2D eigenvalue weighted by Gasteiger charge is -2.29. The van der Waals surface area contributed by atoms with Gasteiger partial charge in [0.25, 0.3) is 40.4 Å². The maximum atomic E-state index is 14.2. The van der Waals surface area contributed by atoms with Crippen molar-refractivity contribution >= 4 is 90.9 Å². The molecule has 25 heteroatoms. The first-order valence-electron chi connectivity index (χ1n) is 28.0. The fraction of sp³-hybridized carbons (Fsp3) is 0.339. The number of allylic oxidation sites excluding steroid dienone is 6. The molecule has 0 aliphatic carbocycles. The second-order valence-corrected chi connectivity index (χ2v) is 28.6. The van der Waals surface area contributed by atoms with Crippen LogP contribution in [0.4, 0.5) is 11.4 Å². The predicted molar refractivity (Wildman–Crippen MR) is 331 cm³/mol. The highest BCUT2D eigenvalue weighted by atomic mass is 32.2. The second-order valence-electron chi connectivity index (χ2n) is 22.6. The van der Waals surface area contributed by atoms with Gasteiger partial charge in [-0.2, -0.15) is 35.7 Å². The SMILES string of the molecule is CCN1C(=CC=CC=CC2=[N+](CCCCCC(=O)NCC[C@H](C(=O)ON)N(OC(C)C)S(=O)(=O)c3ccc(-c4ccc(OC)cc4)cc3)c3ccc4c(S(=O)(=O)O)cc(S(=O)(=O)O)cc4c3C2(C)C)C(C)(C)c2c1ccc1c(C)cc(S(=O)(=O)O)cc21. The smallest absolute Gasteiger partial charge is 0.345 e. The molecule has 464 valence electrons. The Morgan fingerprint density at radius 2 is 1.32 bits per heavy atom. The molecular weight excluding hydrogens is 1200 g/mol. The highest BCUT2D eigenvalue weighted by molar-refractivity contribution is 7.89. The molecule has 0 radical (unpaired) electrons. The van der Waals surface area contributed by atoms with E-state index in [-0.39, 0.29) is 45.9 Å². The molecule has 0 bridgehead atoms. The fourth-order valence-electron chi connectivity index (χ4n) is 11.7. The number of benzene rings is 6. The monoisotopic (exact) mass is 1270 g/mol. The molecule has 2 aliphatic heterocycles. The highest BCUT2D eigenvalue weighted by Crippen LogP contribution is 2.52.